The minimum absolute atomic E-state index is 0.0840. The predicted molar refractivity (Wildman–Crippen MR) is 67.5 cm³/mol. The van der Waals surface area contributed by atoms with Gasteiger partial charge in [0.2, 0.25) is 5.91 Å². The second-order valence-corrected chi connectivity index (χ2v) is 4.29. The number of hydrogen-bond donors (Lipinski definition) is 0. The highest BCUT2D eigenvalue weighted by atomic mass is 19.1. The minimum atomic E-state index is -0.302. The van der Waals surface area contributed by atoms with Gasteiger partial charge in [-0.2, -0.15) is 0 Å². The van der Waals surface area contributed by atoms with Gasteiger partial charge in [0.05, 0.1) is 12.5 Å². The highest BCUT2D eigenvalue weighted by Gasteiger charge is 2.20. The van der Waals surface area contributed by atoms with Gasteiger partial charge in [0.25, 0.3) is 0 Å². The smallest absolute Gasteiger partial charge is 0.230 e. The second kappa shape index (κ2) is 6.28. The summed E-state index contributed by atoms with van der Waals surface area (Å²) in [6.45, 7) is 5.64. The molecule has 0 saturated heterocycles. The van der Waals surface area contributed by atoms with Crippen LogP contribution in [0, 0.1) is 5.82 Å². The molecule has 0 bridgehead atoms. The van der Waals surface area contributed by atoms with Crippen LogP contribution in [0.25, 0.3) is 0 Å². The minimum Gasteiger partial charge on any atom is -0.336 e. The van der Waals surface area contributed by atoms with Gasteiger partial charge in [-0.05, 0) is 38.5 Å². The maximum absolute atomic E-state index is 12.8. The first kappa shape index (κ1) is 14.4. The van der Waals surface area contributed by atoms with Gasteiger partial charge < -0.3 is 4.90 Å². The number of amides is 1. The Bertz CT molecular complexity index is 428. The van der Waals surface area contributed by atoms with Crippen LogP contribution in [0.2, 0.25) is 0 Å². The van der Waals surface area contributed by atoms with Crippen molar-refractivity contribution in [2.45, 2.75) is 33.2 Å². The Kier molecular flexibility index (Phi) is 5.01. The van der Waals surface area contributed by atoms with E-state index in [1.54, 1.807) is 17.0 Å². The standard InChI is InChI=1S/C14H18FNO2/c1-4-16(14(18)9-10(2)17)11(3)12-5-7-13(15)8-6-12/h5-8,11H,4,9H2,1-3H3. The third-order valence-electron chi connectivity index (χ3n) is 2.88. The Morgan fingerprint density at radius 3 is 2.28 bits per heavy atom. The number of rotatable bonds is 5. The molecule has 0 heterocycles. The van der Waals surface area contributed by atoms with Crippen molar-refractivity contribution in [3.8, 4) is 0 Å². The molecule has 1 rings (SSSR count). The number of carbonyl (C=O) groups is 2. The van der Waals surface area contributed by atoms with Crippen molar-refractivity contribution in [3.63, 3.8) is 0 Å². The Morgan fingerprint density at radius 2 is 1.83 bits per heavy atom. The van der Waals surface area contributed by atoms with E-state index in [4.69, 9.17) is 0 Å². The number of Topliss-reactive ketones (excluding diaryl/α,β-unsaturated/α-hetero) is 1. The van der Waals surface area contributed by atoms with E-state index in [0.717, 1.165) is 5.56 Å². The van der Waals surface area contributed by atoms with Crippen LogP contribution >= 0.6 is 0 Å². The van der Waals surface area contributed by atoms with Gasteiger partial charge >= 0.3 is 0 Å². The lowest BCUT2D eigenvalue weighted by atomic mass is 10.1. The van der Waals surface area contributed by atoms with E-state index in [1.807, 2.05) is 13.8 Å². The zero-order chi connectivity index (χ0) is 13.7. The molecule has 0 aliphatic heterocycles. The van der Waals surface area contributed by atoms with E-state index in [2.05, 4.69) is 0 Å². The maximum atomic E-state index is 12.8. The molecule has 0 aromatic heterocycles. The van der Waals surface area contributed by atoms with Crippen molar-refractivity contribution in [1.82, 2.24) is 4.90 Å². The summed E-state index contributed by atoms with van der Waals surface area (Å²) in [6.07, 6.45) is -0.0840. The molecular weight excluding hydrogens is 233 g/mol. The van der Waals surface area contributed by atoms with Gasteiger partial charge in [-0.3, -0.25) is 9.59 Å². The first-order valence-electron chi connectivity index (χ1n) is 6.00. The van der Waals surface area contributed by atoms with Crippen LogP contribution in [0.1, 0.15) is 38.8 Å². The van der Waals surface area contributed by atoms with Crippen LogP contribution in [0.3, 0.4) is 0 Å². The van der Waals surface area contributed by atoms with E-state index in [1.165, 1.54) is 19.1 Å². The highest BCUT2D eigenvalue weighted by molar-refractivity contribution is 5.96. The molecular formula is C14H18FNO2. The van der Waals surface area contributed by atoms with Gasteiger partial charge in [-0.15, -0.1) is 0 Å². The van der Waals surface area contributed by atoms with E-state index in [9.17, 15) is 14.0 Å². The van der Waals surface area contributed by atoms with Crippen molar-refractivity contribution in [1.29, 1.82) is 0 Å². The lowest BCUT2D eigenvalue weighted by molar-refractivity contribution is -0.136. The normalized spacial score (nSPS) is 12.0. The fourth-order valence-corrected chi connectivity index (χ4v) is 1.90. The van der Waals surface area contributed by atoms with Gasteiger partial charge in [0.15, 0.2) is 0 Å². The van der Waals surface area contributed by atoms with Crippen LogP contribution in [-0.4, -0.2) is 23.1 Å². The van der Waals surface area contributed by atoms with Crippen LogP contribution in [-0.2, 0) is 9.59 Å². The van der Waals surface area contributed by atoms with Crippen molar-refractivity contribution in [2.24, 2.45) is 0 Å². The summed E-state index contributed by atoms with van der Waals surface area (Å²) in [7, 11) is 0. The fraction of sp³-hybridized carbons (Fsp3) is 0.429. The van der Waals surface area contributed by atoms with E-state index in [-0.39, 0.29) is 30.0 Å². The SMILES string of the molecule is CCN(C(=O)CC(C)=O)C(C)c1ccc(F)cc1. The molecule has 0 spiro atoms. The number of ketones is 1. The maximum Gasteiger partial charge on any atom is 0.230 e. The molecule has 0 radical (unpaired) electrons. The zero-order valence-electron chi connectivity index (χ0n) is 10.9. The monoisotopic (exact) mass is 251 g/mol. The second-order valence-electron chi connectivity index (χ2n) is 4.29. The number of carbonyl (C=O) groups excluding carboxylic acids is 2. The summed E-state index contributed by atoms with van der Waals surface area (Å²) in [5.41, 5.74) is 0.857. The molecule has 1 atom stereocenters. The first-order chi connectivity index (χ1) is 8.45. The molecule has 0 fully saturated rings. The summed E-state index contributed by atoms with van der Waals surface area (Å²) in [6, 6.07) is 5.89. The molecule has 0 aliphatic rings. The average molecular weight is 251 g/mol. The van der Waals surface area contributed by atoms with Crippen LogP contribution in [0.15, 0.2) is 24.3 Å². The van der Waals surface area contributed by atoms with Gasteiger partial charge in [-0.1, -0.05) is 12.1 Å². The topological polar surface area (TPSA) is 37.4 Å². The molecule has 1 aromatic carbocycles. The molecule has 98 valence electrons. The summed E-state index contributed by atoms with van der Waals surface area (Å²) >= 11 is 0. The quantitative estimate of drug-likeness (QED) is 0.754. The summed E-state index contributed by atoms with van der Waals surface area (Å²) in [5, 5.41) is 0. The lowest BCUT2D eigenvalue weighted by Crippen LogP contribution is -2.34. The molecule has 1 aromatic rings. The molecule has 3 nitrogen and oxygen atoms in total. The van der Waals surface area contributed by atoms with Gasteiger partial charge in [0.1, 0.15) is 11.6 Å². The zero-order valence-corrected chi connectivity index (χ0v) is 10.9. The lowest BCUT2D eigenvalue weighted by Gasteiger charge is -2.28. The average Bonchev–Trinajstić information content (AvgIpc) is 2.29. The van der Waals surface area contributed by atoms with E-state index >= 15 is 0 Å². The molecule has 1 amide bonds. The third-order valence-corrected chi connectivity index (χ3v) is 2.88. The number of benzene rings is 1. The first-order valence-corrected chi connectivity index (χ1v) is 6.00. The largest absolute Gasteiger partial charge is 0.336 e. The Hall–Kier alpha value is -1.71. The summed E-state index contributed by atoms with van der Waals surface area (Å²) < 4.78 is 12.8. The van der Waals surface area contributed by atoms with Gasteiger partial charge in [0, 0.05) is 6.54 Å². The molecule has 0 saturated carbocycles. The molecule has 18 heavy (non-hydrogen) atoms. The van der Waals surface area contributed by atoms with Crippen LogP contribution in [0.5, 0.6) is 0 Å². The van der Waals surface area contributed by atoms with Crippen LogP contribution in [0.4, 0.5) is 4.39 Å². The Balaban J connectivity index is 2.84. The predicted octanol–water partition coefficient (Wildman–Crippen LogP) is 2.71. The number of hydrogen-bond acceptors (Lipinski definition) is 2. The number of halogens is 1. The highest BCUT2D eigenvalue weighted by Crippen LogP contribution is 2.21. The number of nitrogens with zero attached hydrogens (tertiary/aromatic N) is 1. The fourth-order valence-electron chi connectivity index (χ4n) is 1.90. The van der Waals surface area contributed by atoms with Gasteiger partial charge in [-0.25, -0.2) is 4.39 Å². The van der Waals surface area contributed by atoms with Crippen molar-refractivity contribution < 1.29 is 14.0 Å². The molecule has 1 unspecified atom stereocenters. The molecule has 0 aliphatic carbocycles. The van der Waals surface area contributed by atoms with Crippen molar-refractivity contribution in [2.75, 3.05) is 6.54 Å². The Labute approximate surface area is 107 Å². The third kappa shape index (κ3) is 3.65. The van der Waals surface area contributed by atoms with E-state index in [0.29, 0.717) is 6.54 Å². The molecule has 4 heteroatoms. The van der Waals surface area contributed by atoms with Crippen LogP contribution < -0.4 is 0 Å². The van der Waals surface area contributed by atoms with Crippen molar-refractivity contribution in [3.05, 3.63) is 35.6 Å². The Morgan fingerprint density at radius 1 is 1.28 bits per heavy atom. The summed E-state index contributed by atoms with van der Waals surface area (Å²) in [4.78, 5) is 24.5. The van der Waals surface area contributed by atoms with Crippen molar-refractivity contribution >= 4 is 11.7 Å². The summed E-state index contributed by atoms with van der Waals surface area (Å²) in [5.74, 6) is -0.643. The van der Waals surface area contributed by atoms with E-state index < -0.39 is 0 Å². The molecule has 0 N–H and O–H groups in total.